The topological polar surface area (TPSA) is 130 Å². The van der Waals surface area contributed by atoms with Crippen LogP contribution in [-0.2, 0) is 75.5 Å². The van der Waals surface area contributed by atoms with Gasteiger partial charge in [-0.2, -0.15) is 6.92 Å². The van der Waals surface area contributed by atoms with E-state index in [1.54, 1.807) is 21.0 Å². The number of aliphatic hydroxyl groups is 1. The number of hydrogen-bond acceptors (Lipinski definition) is 11. The van der Waals surface area contributed by atoms with Crippen LogP contribution in [-0.4, -0.2) is 116 Å². The Morgan fingerprint density at radius 2 is 1.72 bits per heavy atom. The van der Waals surface area contributed by atoms with Gasteiger partial charge in [0.15, 0.2) is 18.0 Å². The molecule has 0 unspecified atom stereocenters. The van der Waals surface area contributed by atoms with Gasteiger partial charge < -0.3 is 43.2 Å². The molecule has 0 amide bonds. The first-order valence-electron chi connectivity index (χ1n) is 16.2. The summed E-state index contributed by atoms with van der Waals surface area (Å²) in [5, 5.41) is 11.9. The monoisotopic (exact) mass is 727 g/mol. The Morgan fingerprint density at radius 3 is 2.28 bits per heavy atom. The first-order chi connectivity index (χ1) is 20.9. The van der Waals surface area contributed by atoms with Gasteiger partial charge in [0.2, 0.25) is 0 Å². The third kappa shape index (κ3) is 8.88. The first-order valence-corrected chi connectivity index (χ1v) is 16.2. The maximum Gasteiger partial charge on any atom is 0.186 e. The average Bonchev–Trinajstić information content (AvgIpc) is 2.99. The van der Waals surface area contributed by atoms with Crippen molar-refractivity contribution in [1.82, 2.24) is 4.90 Å². The molecule has 0 aromatic heterocycles. The molecule has 1 N–H and O–H groups in total. The molecule has 1 radical (unpaired) electrons. The van der Waals surface area contributed by atoms with Crippen molar-refractivity contribution >= 4 is 17.5 Å². The van der Waals surface area contributed by atoms with Gasteiger partial charge in [0.25, 0.3) is 0 Å². The Hall–Kier alpha value is -0.756. The van der Waals surface area contributed by atoms with E-state index in [4.69, 9.17) is 28.4 Å². The minimum Gasteiger partial charge on any atom is -0.481 e. The number of ketones is 2. The van der Waals surface area contributed by atoms with Gasteiger partial charge in [-0.15, -0.1) is 0 Å². The van der Waals surface area contributed by atoms with Crippen molar-refractivity contribution in [1.29, 1.82) is 0 Å². The normalized spacial score (nSPS) is 42.1. The molecule has 3 fully saturated rings. The fourth-order valence-electron chi connectivity index (χ4n) is 7.36. The molecule has 261 valence electrons. The van der Waals surface area contributed by atoms with E-state index in [1.807, 2.05) is 41.8 Å². The minimum atomic E-state index is -1.71. The molecule has 46 heavy (non-hydrogen) atoms. The number of fused-ring (bicyclic) bond motifs is 5. The second-order valence-corrected chi connectivity index (χ2v) is 14.0. The molecule has 0 aromatic rings. The molecular formula is C34H56NO10Y-. The maximum atomic E-state index is 14.1. The fraction of sp³-hybridized carbons (Fsp3) is 0.824. The first kappa shape index (κ1) is 41.4. The van der Waals surface area contributed by atoms with E-state index in [1.165, 1.54) is 13.8 Å². The Balaban J connectivity index is 0.00000736. The summed E-state index contributed by atoms with van der Waals surface area (Å²) in [6.45, 7) is 17.8. The molecule has 3 saturated heterocycles. The third-order valence-electron chi connectivity index (χ3n) is 10.2. The van der Waals surface area contributed by atoms with Crippen LogP contribution in [0.25, 0.3) is 0 Å². The molecule has 0 aromatic carbocycles. The zero-order valence-corrected chi connectivity index (χ0v) is 32.5. The van der Waals surface area contributed by atoms with Gasteiger partial charge in [-0.3, -0.25) is 9.59 Å². The van der Waals surface area contributed by atoms with E-state index in [0.29, 0.717) is 12.8 Å². The standard InChI is InChI=1S/C34H56NO10.Y/c1-13-26-34(9,39)30-21(5)20(4)18(2)15-33(8,42-17-24(36)16-41-30)29(22(6)27(37)23(7)31(38)44-26)45-32-28(40-12)25(35(10)11)14-19(3)43-32;/h18-19,21-22,25-26,28-30,32,39H,4,13-17H2,1-3,5-12H3;/q-1;/t18-,19-,21+,22+,25+,26-,28-,29-,30-,32+,33-,34-;/m1./s1. The van der Waals surface area contributed by atoms with Crippen LogP contribution >= 0.6 is 0 Å². The third-order valence-corrected chi connectivity index (χ3v) is 10.2. The molecule has 2 bridgehead atoms. The van der Waals surface area contributed by atoms with E-state index >= 15 is 0 Å². The number of rotatable bonds is 5. The van der Waals surface area contributed by atoms with E-state index < -0.39 is 65.5 Å². The van der Waals surface area contributed by atoms with Gasteiger partial charge >= 0.3 is 0 Å². The van der Waals surface area contributed by atoms with Gasteiger partial charge in [0.05, 0.1) is 23.9 Å². The largest absolute Gasteiger partial charge is 0.481 e. The van der Waals surface area contributed by atoms with Crippen molar-refractivity contribution in [3.8, 4) is 0 Å². The number of methoxy groups -OCH3 is 1. The number of hydrogen-bond donors (Lipinski definition) is 1. The quantitative estimate of drug-likeness (QED) is 0.255. The van der Waals surface area contributed by atoms with Crippen molar-refractivity contribution in [2.45, 2.75) is 129 Å². The van der Waals surface area contributed by atoms with Crippen LogP contribution in [0.15, 0.2) is 12.2 Å². The summed E-state index contributed by atoms with van der Waals surface area (Å²) in [5.41, 5.74) is -2.18. The maximum absolute atomic E-state index is 14.1. The van der Waals surface area contributed by atoms with Crippen LogP contribution in [0.1, 0.15) is 74.7 Å². The molecule has 3 heterocycles. The second-order valence-electron chi connectivity index (χ2n) is 14.0. The number of esters is 1. The number of likely N-dealkylation sites (N-methyl/N-ethyl adjacent to an activating group) is 1. The SMILES string of the molecule is C=C1[C@H](C)C[C@@]2(C)OCC(=O)CO[C@H]([C@H]1C)[C@](C)(O)[C@@H](CC)OC(=O)[C-](C)C(=O)[C@H](C)[C@H]2O[C@@H]1O[C@H](C)C[C@H](N(C)C)[C@H]1OC.[Y]. The van der Waals surface area contributed by atoms with Gasteiger partial charge in [-0.05, 0) is 60.0 Å². The van der Waals surface area contributed by atoms with Crippen LogP contribution in [0.3, 0.4) is 0 Å². The molecule has 12 heteroatoms. The molecule has 0 spiro atoms. The average molecular weight is 728 g/mol. The van der Waals surface area contributed by atoms with Crippen LogP contribution in [0, 0.1) is 23.7 Å². The fourth-order valence-corrected chi connectivity index (χ4v) is 7.36. The molecule has 3 rings (SSSR count). The minimum absolute atomic E-state index is 0. The van der Waals surface area contributed by atoms with Gasteiger partial charge in [-0.25, -0.2) is 5.92 Å². The van der Waals surface area contributed by atoms with Gasteiger partial charge in [-0.1, -0.05) is 39.8 Å². The number of nitrogens with zero attached hydrogens (tertiary/aromatic N) is 1. The smallest absolute Gasteiger partial charge is 0.186 e. The molecule has 12 atom stereocenters. The van der Waals surface area contributed by atoms with Crippen LogP contribution in [0.5, 0.6) is 0 Å². The molecule has 11 nitrogen and oxygen atoms in total. The summed E-state index contributed by atoms with van der Waals surface area (Å²) in [4.78, 5) is 42.9. The summed E-state index contributed by atoms with van der Waals surface area (Å²) >= 11 is 0. The predicted molar refractivity (Wildman–Crippen MR) is 167 cm³/mol. The summed E-state index contributed by atoms with van der Waals surface area (Å²) < 4.78 is 37.4. The van der Waals surface area contributed by atoms with Crippen molar-refractivity contribution in [3.63, 3.8) is 0 Å². The van der Waals surface area contributed by atoms with Crippen molar-refractivity contribution < 1.29 is 80.6 Å². The van der Waals surface area contributed by atoms with E-state index in [9.17, 15) is 19.5 Å². The Morgan fingerprint density at radius 1 is 1.09 bits per heavy atom. The summed E-state index contributed by atoms with van der Waals surface area (Å²) in [7, 11) is 5.53. The van der Waals surface area contributed by atoms with E-state index in [0.717, 1.165) is 5.57 Å². The Bertz CT molecular complexity index is 1080. The van der Waals surface area contributed by atoms with Crippen molar-refractivity contribution in [2.75, 3.05) is 34.4 Å². The predicted octanol–water partition coefficient (Wildman–Crippen LogP) is 3.30. The Kier molecular flexibility index (Phi) is 15.1. The van der Waals surface area contributed by atoms with Gasteiger partial charge in [0, 0.05) is 63.5 Å². The van der Waals surface area contributed by atoms with E-state index in [-0.39, 0.29) is 82.1 Å². The van der Waals surface area contributed by atoms with Crippen molar-refractivity contribution in [3.05, 3.63) is 18.1 Å². The molecule has 3 aliphatic rings. The number of cyclic esters (lactones) is 1. The van der Waals surface area contributed by atoms with Crippen LogP contribution in [0.4, 0.5) is 0 Å². The van der Waals surface area contributed by atoms with Crippen LogP contribution in [0.2, 0.25) is 0 Å². The number of carbonyl (C=O) groups is 3. The summed E-state index contributed by atoms with van der Waals surface area (Å²) in [6.07, 6.45) is -3.22. The summed E-state index contributed by atoms with van der Waals surface area (Å²) in [6, 6.07) is -0.0354. The number of carbonyl (C=O) groups excluding carboxylic acids is 3. The van der Waals surface area contributed by atoms with Gasteiger partial charge in [0.1, 0.15) is 31.0 Å². The summed E-state index contributed by atoms with van der Waals surface area (Å²) in [5.74, 6) is -3.40. The number of Topliss-reactive ketones (excluding diaryl/α,β-unsaturated/α-hetero) is 2. The van der Waals surface area contributed by atoms with E-state index in [2.05, 4.69) is 11.5 Å². The number of ether oxygens (including phenoxy) is 6. The molecule has 0 aliphatic carbocycles. The van der Waals surface area contributed by atoms with Crippen molar-refractivity contribution in [2.24, 2.45) is 17.8 Å². The molecule has 0 saturated carbocycles. The van der Waals surface area contributed by atoms with Crippen LogP contribution < -0.4 is 0 Å². The second kappa shape index (κ2) is 16.8. The molecule has 3 aliphatic heterocycles. The zero-order valence-electron chi connectivity index (χ0n) is 29.7. The molecular weight excluding hydrogens is 671 g/mol. The Labute approximate surface area is 300 Å². The zero-order chi connectivity index (χ0) is 34.0.